The molecule has 1 aromatic rings. The lowest BCUT2D eigenvalue weighted by atomic mass is 9.90. The Balaban J connectivity index is 2.23. The van der Waals surface area contributed by atoms with E-state index in [1.165, 1.54) is 12.1 Å². The summed E-state index contributed by atoms with van der Waals surface area (Å²) in [5, 5.41) is 14.8. The summed E-state index contributed by atoms with van der Waals surface area (Å²) < 4.78 is 13.7. The molecule has 1 atom stereocenters. The van der Waals surface area contributed by atoms with Crippen molar-refractivity contribution in [2.24, 2.45) is 0 Å². The molecular formula is C15H18FN3O. The lowest BCUT2D eigenvalue weighted by molar-refractivity contribution is -0.122. The smallest absolute Gasteiger partial charge is 0.244 e. The van der Waals surface area contributed by atoms with Crippen molar-refractivity contribution in [3.05, 3.63) is 29.1 Å². The van der Waals surface area contributed by atoms with E-state index in [1.54, 1.807) is 6.92 Å². The van der Waals surface area contributed by atoms with E-state index in [9.17, 15) is 9.18 Å². The minimum absolute atomic E-state index is 0.185. The normalized spacial score (nSPS) is 22.1. The molecule has 1 saturated heterocycles. The average molecular weight is 275 g/mol. The van der Waals surface area contributed by atoms with Crippen molar-refractivity contribution in [1.82, 2.24) is 5.32 Å². The molecule has 5 heteroatoms. The molecule has 1 amide bonds. The Morgan fingerprint density at radius 2 is 2.25 bits per heavy atom. The molecule has 2 N–H and O–H groups in total. The van der Waals surface area contributed by atoms with Crippen molar-refractivity contribution in [3.63, 3.8) is 0 Å². The van der Waals surface area contributed by atoms with Gasteiger partial charge in [-0.05, 0) is 51.8 Å². The third kappa shape index (κ3) is 2.81. The van der Waals surface area contributed by atoms with Crippen LogP contribution < -0.4 is 10.6 Å². The highest BCUT2D eigenvalue weighted by atomic mass is 19.1. The topological polar surface area (TPSA) is 64.9 Å². The number of nitrogens with zero attached hydrogens (tertiary/aromatic N) is 1. The second-order valence-electron chi connectivity index (χ2n) is 5.41. The summed E-state index contributed by atoms with van der Waals surface area (Å²) in [6.07, 6.45) is 2.79. The Morgan fingerprint density at radius 3 is 2.85 bits per heavy atom. The molecule has 106 valence electrons. The van der Waals surface area contributed by atoms with Crippen LogP contribution in [0.4, 0.5) is 10.1 Å². The van der Waals surface area contributed by atoms with Gasteiger partial charge in [0.2, 0.25) is 5.91 Å². The third-order valence-electron chi connectivity index (χ3n) is 3.84. The Hall–Kier alpha value is -1.93. The van der Waals surface area contributed by atoms with Gasteiger partial charge in [0.15, 0.2) is 0 Å². The van der Waals surface area contributed by atoms with E-state index >= 15 is 0 Å². The Bertz CT molecular complexity index is 571. The number of halogens is 1. The number of nitrogens with one attached hydrogen (secondary N) is 2. The van der Waals surface area contributed by atoms with Crippen LogP contribution in [0.2, 0.25) is 0 Å². The average Bonchev–Trinajstić information content (AvgIpc) is 2.44. The minimum atomic E-state index is -0.635. The van der Waals surface area contributed by atoms with Crippen molar-refractivity contribution >= 4 is 11.6 Å². The number of hydrogen-bond acceptors (Lipinski definition) is 3. The predicted molar refractivity (Wildman–Crippen MR) is 74.7 cm³/mol. The quantitative estimate of drug-likeness (QED) is 0.871. The molecule has 0 radical (unpaired) electrons. The number of rotatable bonds is 2. The van der Waals surface area contributed by atoms with Crippen LogP contribution in [-0.4, -0.2) is 18.0 Å². The zero-order chi connectivity index (χ0) is 14.8. The van der Waals surface area contributed by atoms with E-state index in [1.807, 2.05) is 13.0 Å². The van der Waals surface area contributed by atoms with Gasteiger partial charge in [0, 0.05) is 11.3 Å². The number of hydrogen-bond donors (Lipinski definition) is 2. The first kappa shape index (κ1) is 14.5. The number of nitriles is 1. The molecule has 0 aromatic heterocycles. The highest BCUT2D eigenvalue weighted by Crippen LogP contribution is 2.24. The van der Waals surface area contributed by atoms with E-state index in [0.29, 0.717) is 11.3 Å². The van der Waals surface area contributed by atoms with Gasteiger partial charge in [0.1, 0.15) is 5.82 Å². The molecular weight excluding hydrogens is 257 g/mol. The van der Waals surface area contributed by atoms with Crippen LogP contribution in [0.1, 0.15) is 37.3 Å². The van der Waals surface area contributed by atoms with Crippen LogP contribution in [0.5, 0.6) is 0 Å². The first-order chi connectivity index (χ1) is 9.46. The lowest BCUT2D eigenvalue weighted by Gasteiger charge is -2.33. The van der Waals surface area contributed by atoms with Crippen LogP contribution in [0, 0.1) is 24.1 Å². The predicted octanol–water partition coefficient (Wildman–Crippen LogP) is 2.48. The molecule has 2 rings (SSSR count). The number of carbonyl (C=O) groups excluding carboxylic acids is 1. The maximum absolute atomic E-state index is 13.7. The lowest BCUT2D eigenvalue weighted by Crippen LogP contribution is -2.54. The number of anilines is 1. The van der Waals surface area contributed by atoms with Gasteiger partial charge in [-0.15, -0.1) is 0 Å². The Morgan fingerprint density at radius 1 is 1.50 bits per heavy atom. The van der Waals surface area contributed by atoms with Crippen molar-refractivity contribution in [3.8, 4) is 6.07 Å². The van der Waals surface area contributed by atoms with E-state index in [0.717, 1.165) is 25.8 Å². The molecule has 0 bridgehead atoms. The second-order valence-corrected chi connectivity index (χ2v) is 5.41. The summed E-state index contributed by atoms with van der Waals surface area (Å²) in [5.41, 5.74) is 0.270. The summed E-state index contributed by atoms with van der Waals surface area (Å²) in [6.45, 7) is 4.24. The first-order valence-electron chi connectivity index (χ1n) is 6.73. The summed E-state index contributed by atoms with van der Waals surface area (Å²) in [5.74, 6) is -0.670. The number of carbonyl (C=O) groups is 1. The van der Waals surface area contributed by atoms with Gasteiger partial charge in [-0.2, -0.15) is 5.26 Å². The summed E-state index contributed by atoms with van der Waals surface area (Å²) in [7, 11) is 0. The van der Waals surface area contributed by atoms with Gasteiger partial charge in [-0.25, -0.2) is 4.39 Å². The Kier molecular flexibility index (Phi) is 4.05. The van der Waals surface area contributed by atoms with Gasteiger partial charge >= 0.3 is 0 Å². The fraction of sp³-hybridized carbons (Fsp3) is 0.467. The zero-order valence-corrected chi connectivity index (χ0v) is 11.7. The second kappa shape index (κ2) is 5.59. The molecule has 1 fully saturated rings. The third-order valence-corrected chi connectivity index (χ3v) is 3.84. The molecule has 0 spiro atoms. The highest BCUT2D eigenvalue weighted by molar-refractivity contribution is 5.98. The molecule has 1 unspecified atom stereocenters. The van der Waals surface area contributed by atoms with Crippen molar-refractivity contribution in [2.45, 2.75) is 38.6 Å². The fourth-order valence-electron chi connectivity index (χ4n) is 2.38. The van der Waals surface area contributed by atoms with Gasteiger partial charge in [-0.3, -0.25) is 4.79 Å². The highest BCUT2D eigenvalue weighted by Gasteiger charge is 2.34. The van der Waals surface area contributed by atoms with E-state index in [-0.39, 0.29) is 11.5 Å². The van der Waals surface area contributed by atoms with Gasteiger partial charge < -0.3 is 10.6 Å². The van der Waals surface area contributed by atoms with E-state index < -0.39 is 11.4 Å². The largest absolute Gasteiger partial charge is 0.324 e. The first-order valence-corrected chi connectivity index (χ1v) is 6.73. The maximum atomic E-state index is 13.7. The molecule has 4 nitrogen and oxygen atoms in total. The van der Waals surface area contributed by atoms with Crippen LogP contribution >= 0.6 is 0 Å². The van der Waals surface area contributed by atoms with Crippen molar-refractivity contribution in [1.29, 1.82) is 5.26 Å². The molecule has 1 aromatic carbocycles. The molecule has 0 saturated carbocycles. The van der Waals surface area contributed by atoms with Crippen molar-refractivity contribution < 1.29 is 9.18 Å². The van der Waals surface area contributed by atoms with Crippen LogP contribution in [0.15, 0.2) is 12.1 Å². The number of benzene rings is 1. The zero-order valence-electron chi connectivity index (χ0n) is 11.7. The molecule has 1 aliphatic heterocycles. The molecule has 0 aliphatic carbocycles. The van der Waals surface area contributed by atoms with E-state index in [2.05, 4.69) is 10.6 Å². The SMILES string of the molecule is Cc1c(F)cc(C#N)cc1NC(=O)C1(C)CCCCN1. The van der Waals surface area contributed by atoms with Crippen LogP contribution in [-0.2, 0) is 4.79 Å². The number of piperidine rings is 1. The molecule has 1 aliphatic rings. The van der Waals surface area contributed by atoms with Gasteiger partial charge in [0.05, 0.1) is 17.2 Å². The summed E-state index contributed by atoms with van der Waals surface area (Å²) in [6, 6.07) is 4.57. The van der Waals surface area contributed by atoms with Gasteiger partial charge in [0.25, 0.3) is 0 Å². The standard InChI is InChI=1S/C15H18FN3O/c1-10-12(16)7-11(9-17)8-13(10)19-14(20)15(2)5-3-4-6-18-15/h7-8,18H,3-6H2,1-2H3,(H,19,20). The monoisotopic (exact) mass is 275 g/mol. The minimum Gasteiger partial charge on any atom is -0.324 e. The van der Waals surface area contributed by atoms with Crippen LogP contribution in [0.3, 0.4) is 0 Å². The Labute approximate surface area is 118 Å². The fourth-order valence-corrected chi connectivity index (χ4v) is 2.38. The van der Waals surface area contributed by atoms with Crippen molar-refractivity contribution in [2.75, 3.05) is 11.9 Å². The summed E-state index contributed by atoms with van der Waals surface area (Å²) in [4.78, 5) is 12.4. The van der Waals surface area contributed by atoms with E-state index in [4.69, 9.17) is 5.26 Å². The van der Waals surface area contributed by atoms with Crippen LogP contribution in [0.25, 0.3) is 0 Å². The molecule has 1 heterocycles. The molecule has 20 heavy (non-hydrogen) atoms. The number of amides is 1. The summed E-state index contributed by atoms with van der Waals surface area (Å²) >= 11 is 0. The maximum Gasteiger partial charge on any atom is 0.244 e. The van der Waals surface area contributed by atoms with Gasteiger partial charge in [-0.1, -0.05) is 0 Å².